The molecule has 0 aliphatic carbocycles. The fourth-order valence-electron chi connectivity index (χ4n) is 3.80. The Balaban J connectivity index is 1.79. The van der Waals surface area contributed by atoms with Gasteiger partial charge in [-0.25, -0.2) is 4.79 Å². The number of likely N-dealkylation sites (tertiary alicyclic amines) is 1. The lowest BCUT2D eigenvalue weighted by Crippen LogP contribution is -2.54. The van der Waals surface area contributed by atoms with Crippen LogP contribution in [0.3, 0.4) is 0 Å². The van der Waals surface area contributed by atoms with Crippen LogP contribution in [0.25, 0.3) is 0 Å². The highest BCUT2D eigenvalue weighted by molar-refractivity contribution is 6.06. The lowest BCUT2D eigenvalue weighted by molar-refractivity contribution is -0.152. The molecule has 0 saturated carbocycles. The van der Waals surface area contributed by atoms with Crippen molar-refractivity contribution in [3.05, 3.63) is 29.3 Å². The van der Waals surface area contributed by atoms with Crippen LogP contribution in [0.15, 0.2) is 18.2 Å². The summed E-state index contributed by atoms with van der Waals surface area (Å²) in [5, 5.41) is 2.71. The van der Waals surface area contributed by atoms with E-state index < -0.39 is 17.7 Å². The SMILES string of the molecule is CCCCN1C(=O)CCC(N2Cc3c(NC(=O)OC(C)(C)C)cccc3C2=O)C1=O. The van der Waals surface area contributed by atoms with E-state index in [2.05, 4.69) is 5.32 Å². The second-order valence-electron chi connectivity index (χ2n) is 8.68. The van der Waals surface area contributed by atoms with Gasteiger partial charge in [0.25, 0.3) is 11.8 Å². The molecule has 1 aromatic rings. The van der Waals surface area contributed by atoms with Gasteiger partial charge in [-0.15, -0.1) is 0 Å². The predicted molar refractivity (Wildman–Crippen MR) is 111 cm³/mol. The molecule has 8 heteroatoms. The minimum atomic E-state index is -0.672. The Morgan fingerprint density at radius 2 is 1.97 bits per heavy atom. The van der Waals surface area contributed by atoms with Crippen molar-refractivity contribution in [2.24, 2.45) is 0 Å². The van der Waals surface area contributed by atoms with Crippen molar-refractivity contribution in [2.45, 2.75) is 71.6 Å². The largest absolute Gasteiger partial charge is 0.444 e. The van der Waals surface area contributed by atoms with Crippen molar-refractivity contribution in [1.82, 2.24) is 9.80 Å². The van der Waals surface area contributed by atoms with E-state index in [1.807, 2.05) is 6.92 Å². The zero-order chi connectivity index (χ0) is 22.1. The van der Waals surface area contributed by atoms with Crippen LogP contribution in [-0.4, -0.2) is 51.8 Å². The maximum Gasteiger partial charge on any atom is 0.412 e. The number of hydrogen-bond donors (Lipinski definition) is 1. The van der Waals surface area contributed by atoms with Gasteiger partial charge >= 0.3 is 6.09 Å². The van der Waals surface area contributed by atoms with Crippen LogP contribution in [0, 0.1) is 0 Å². The first-order valence-electron chi connectivity index (χ1n) is 10.4. The number of anilines is 1. The summed E-state index contributed by atoms with van der Waals surface area (Å²) in [7, 11) is 0. The number of unbranched alkanes of at least 4 members (excludes halogenated alkanes) is 1. The van der Waals surface area contributed by atoms with E-state index in [0.717, 1.165) is 12.8 Å². The molecule has 1 saturated heterocycles. The maximum absolute atomic E-state index is 13.0. The summed E-state index contributed by atoms with van der Waals surface area (Å²) in [5.41, 5.74) is 0.943. The molecular weight excluding hydrogens is 386 g/mol. The van der Waals surface area contributed by atoms with Crippen molar-refractivity contribution in [2.75, 3.05) is 11.9 Å². The molecule has 0 bridgehead atoms. The second-order valence-corrected chi connectivity index (χ2v) is 8.68. The lowest BCUT2D eigenvalue weighted by atomic mass is 10.0. The number of imide groups is 1. The molecule has 1 aromatic carbocycles. The number of ether oxygens (including phenoxy) is 1. The topological polar surface area (TPSA) is 96.0 Å². The summed E-state index contributed by atoms with van der Waals surface area (Å²) in [6.45, 7) is 7.89. The highest BCUT2D eigenvalue weighted by Crippen LogP contribution is 2.33. The summed E-state index contributed by atoms with van der Waals surface area (Å²) < 4.78 is 5.31. The van der Waals surface area contributed by atoms with Crippen molar-refractivity contribution in [3.63, 3.8) is 0 Å². The van der Waals surface area contributed by atoms with Crippen LogP contribution in [0.2, 0.25) is 0 Å². The normalized spacial score (nSPS) is 19.2. The number of piperidine rings is 1. The average molecular weight is 415 g/mol. The van der Waals surface area contributed by atoms with E-state index in [0.29, 0.717) is 29.8 Å². The average Bonchev–Trinajstić information content (AvgIpc) is 2.98. The summed E-state index contributed by atoms with van der Waals surface area (Å²) in [6.07, 6.45) is 1.56. The molecular formula is C22H29N3O5. The number of benzene rings is 1. The summed E-state index contributed by atoms with van der Waals surface area (Å²) >= 11 is 0. The van der Waals surface area contributed by atoms with Gasteiger partial charge in [0.2, 0.25) is 5.91 Å². The first-order chi connectivity index (χ1) is 14.1. The number of fused-ring (bicyclic) bond motifs is 1. The van der Waals surface area contributed by atoms with Gasteiger partial charge in [0.1, 0.15) is 11.6 Å². The van der Waals surface area contributed by atoms with Crippen molar-refractivity contribution >= 4 is 29.5 Å². The molecule has 1 atom stereocenters. The molecule has 2 aliphatic heterocycles. The third kappa shape index (κ3) is 4.47. The molecule has 2 aliphatic rings. The molecule has 2 heterocycles. The fourth-order valence-corrected chi connectivity index (χ4v) is 3.80. The quantitative estimate of drug-likeness (QED) is 0.745. The molecule has 0 aromatic heterocycles. The van der Waals surface area contributed by atoms with Crippen LogP contribution < -0.4 is 5.32 Å². The van der Waals surface area contributed by atoms with Crippen molar-refractivity contribution < 1.29 is 23.9 Å². The molecule has 4 amide bonds. The number of rotatable bonds is 5. The maximum atomic E-state index is 13.0. The lowest BCUT2D eigenvalue weighted by Gasteiger charge is -2.35. The van der Waals surface area contributed by atoms with Crippen molar-refractivity contribution in [1.29, 1.82) is 0 Å². The molecule has 1 fully saturated rings. The fraction of sp³-hybridized carbons (Fsp3) is 0.545. The van der Waals surface area contributed by atoms with Crippen LogP contribution in [0.5, 0.6) is 0 Å². The van der Waals surface area contributed by atoms with Crippen molar-refractivity contribution in [3.8, 4) is 0 Å². The molecule has 1 N–H and O–H groups in total. The Labute approximate surface area is 176 Å². The zero-order valence-electron chi connectivity index (χ0n) is 18.0. The van der Waals surface area contributed by atoms with E-state index in [9.17, 15) is 19.2 Å². The van der Waals surface area contributed by atoms with E-state index in [-0.39, 0.29) is 30.7 Å². The minimum absolute atomic E-state index is 0.179. The van der Waals surface area contributed by atoms with Gasteiger partial charge in [-0.3, -0.25) is 24.6 Å². The molecule has 8 nitrogen and oxygen atoms in total. The highest BCUT2D eigenvalue weighted by atomic mass is 16.6. The Morgan fingerprint density at radius 3 is 2.63 bits per heavy atom. The summed E-state index contributed by atoms with van der Waals surface area (Å²) in [5.74, 6) is -0.760. The molecule has 0 radical (unpaired) electrons. The Bertz CT molecular complexity index is 874. The molecule has 30 heavy (non-hydrogen) atoms. The van der Waals surface area contributed by atoms with Crippen LogP contribution in [0.4, 0.5) is 10.5 Å². The predicted octanol–water partition coefficient (Wildman–Crippen LogP) is 3.31. The van der Waals surface area contributed by atoms with E-state index in [4.69, 9.17) is 4.74 Å². The van der Waals surface area contributed by atoms with Gasteiger partial charge < -0.3 is 9.64 Å². The Hall–Kier alpha value is -2.90. The zero-order valence-corrected chi connectivity index (χ0v) is 18.0. The Kier molecular flexibility index (Phi) is 6.14. The summed E-state index contributed by atoms with van der Waals surface area (Å²) in [6, 6.07) is 4.41. The molecule has 162 valence electrons. The van der Waals surface area contributed by atoms with Gasteiger partial charge in [0.05, 0.1) is 0 Å². The monoisotopic (exact) mass is 415 g/mol. The third-order valence-electron chi connectivity index (χ3n) is 5.23. The highest BCUT2D eigenvalue weighted by Gasteiger charge is 2.43. The van der Waals surface area contributed by atoms with Gasteiger partial charge in [0, 0.05) is 36.3 Å². The Morgan fingerprint density at radius 1 is 1.23 bits per heavy atom. The number of hydrogen-bond acceptors (Lipinski definition) is 5. The smallest absolute Gasteiger partial charge is 0.412 e. The summed E-state index contributed by atoms with van der Waals surface area (Å²) in [4.78, 5) is 53.2. The molecule has 0 spiro atoms. The second kappa shape index (κ2) is 8.45. The standard InChI is InChI=1S/C22H29N3O5/c1-5-6-12-24-18(26)11-10-17(20(24)28)25-13-15-14(19(25)27)8-7-9-16(15)23-21(29)30-22(2,3)4/h7-9,17H,5-6,10-13H2,1-4H3,(H,23,29). The number of carbonyl (C=O) groups is 4. The number of carbonyl (C=O) groups excluding carboxylic acids is 4. The van der Waals surface area contributed by atoms with E-state index in [1.165, 1.54) is 9.80 Å². The first-order valence-corrected chi connectivity index (χ1v) is 10.4. The number of nitrogens with one attached hydrogen (secondary N) is 1. The van der Waals surface area contributed by atoms with Crippen LogP contribution in [-0.2, 0) is 20.9 Å². The van der Waals surface area contributed by atoms with E-state index >= 15 is 0 Å². The number of amides is 4. The minimum Gasteiger partial charge on any atom is -0.444 e. The van der Waals surface area contributed by atoms with Gasteiger partial charge in [-0.05, 0) is 45.7 Å². The number of nitrogens with zero attached hydrogens (tertiary/aromatic N) is 2. The molecule has 1 unspecified atom stereocenters. The van der Waals surface area contributed by atoms with Gasteiger partial charge in [0.15, 0.2) is 0 Å². The van der Waals surface area contributed by atoms with Gasteiger partial charge in [-0.1, -0.05) is 19.4 Å². The van der Waals surface area contributed by atoms with Gasteiger partial charge in [-0.2, -0.15) is 0 Å². The van der Waals surface area contributed by atoms with E-state index in [1.54, 1.807) is 39.0 Å². The van der Waals surface area contributed by atoms with Crippen LogP contribution >= 0.6 is 0 Å². The first kappa shape index (κ1) is 21.8. The van der Waals surface area contributed by atoms with Crippen LogP contribution in [0.1, 0.15) is 69.3 Å². The third-order valence-corrected chi connectivity index (χ3v) is 5.23. The molecule has 3 rings (SSSR count).